The highest BCUT2D eigenvalue weighted by Gasteiger charge is 2.16. The van der Waals surface area contributed by atoms with Gasteiger partial charge in [-0.3, -0.25) is 4.79 Å². The maximum absolute atomic E-state index is 12.3. The van der Waals surface area contributed by atoms with E-state index in [1.807, 2.05) is 30.5 Å². The van der Waals surface area contributed by atoms with Crippen molar-refractivity contribution in [2.45, 2.75) is 6.54 Å². The number of rotatable bonds is 4. The van der Waals surface area contributed by atoms with Crippen molar-refractivity contribution >= 4 is 17.4 Å². The van der Waals surface area contributed by atoms with Crippen molar-refractivity contribution in [1.82, 2.24) is 14.9 Å². The molecule has 0 unspecified atom stereocenters. The Kier molecular flexibility index (Phi) is 4.05. The Morgan fingerprint density at radius 3 is 2.61 bits per heavy atom. The third-order valence-electron chi connectivity index (χ3n) is 3.43. The molecule has 1 N–H and O–H groups in total. The second-order valence-corrected chi connectivity index (χ2v) is 4.93. The summed E-state index contributed by atoms with van der Waals surface area (Å²) in [5.74, 6) is -0.883. The van der Waals surface area contributed by atoms with Gasteiger partial charge in [-0.05, 0) is 30.3 Å². The van der Waals surface area contributed by atoms with Gasteiger partial charge >= 0.3 is 5.97 Å². The van der Waals surface area contributed by atoms with Crippen LogP contribution in [0.5, 0.6) is 0 Å². The van der Waals surface area contributed by atoms with Gasteiger partial charge in [0.2, 0.25) is 0 Å². The highest BCUT2D eigenvalue weighted by molar-refractivity contribution is 6.05. The highest BCUT2D eigenvalue weighted by atomic mass is 16.5. The normalized spacial score (nSPS) is 10.5. The lowest BCUT2D eigenvalue weighted by Gasteiger charge is -2.07. The first-order valence-corrected chi connectivity index (χ1v) is 7.08. The molecule has 3 aromatic rings. The predicted molar refractivity (Wildman–Crippen MR) is 84.1 cm³/mol. The minimum Gasteiger partial charge on any atom is -0.465 e. The summed E-state index contributed by atoms with van der Waals surface area (Å²) in [5.41, 5.74) is 2.21. The average molecular weight is 309 g/mol. The zero-order valence-corrected chi connectivity index (χ0v) is 12.5. The van der Waals surface area contributed by atoms with Gasteiger partial charge in [0, 0.05) is 6.20 Å². The van der Waals surface area contributed by atoms with Crippen molar-refractivity contribution in [1.29, 1.82) is 0 Å². The van der Waals surface area contributed by atoms with Gasteiger partial charge in [0.15, 0.2) is 0 Å². The minimum absolute atomic E-state index is 0.238. The van der Waals surface area contributed by atoms with E-state index in [0.29, 0.717) is 0 Å². The fourth-order valence-corrected chi connectivity index (χ4v) is 2.31. The van der Waals surface area contributed by atoms with Crippen LogP contribution in [0.4, 0.5) is 0 Å². The third-order valence-corrected chi connectivity index (χ3v) is 3.43. The monoisotopic (exact) mass is 309 g/mol. The summed E-state index contributed by atoms with van der Waals surface area (Å²) in [6, 6.07) is 14.2. The van der Waals surface area contributed by atoms with Crippen LogP contribution in [-0.4, -0.2) is 28.6 Å². The van der Waals surface area contributed by atoms with Crippen LogP contribution in [0.2, 0.25) is 0 Å². The van der Waals surface area contributed by atoms with Gasteiger partial charge in [-0.1, -0.05) is 18.2 Å². The molecular formula is C17H15N3O3. The second-order valence-electron chi connectivity index (χ2n) is 4.93. The van der Waals surface area contributed by atoms with Crippen LogP contribution in [0, 0.1) is 0 Å². The smallest absolute Gasteiger partial charge is 0.338 e. The maximum atomic E-state index is 12.3. The molecule has 0 radical (unpaired) electrons. The summed E-state index contributed by atoms with van der Waals surface area (Å²) < 4.78 is 6.44. The van der Waals surface area contributed by atoms with Crippen LogP contribution < -0.4 is 5.32 Å². The molecule has 1 amide bonds. The van der Waals surface area contributed by atoms with Gasteiger partial charge in [0.25, 0.3) is 5.91 Å². The number of methoxy groups -OCH3 is 1. The molecule has 2 heterocycles. The van der Waals surface area contributed by atoms with E-state index < -0.39 is 5.97 Å². The summed E-state index contributed by atoms with van der Waals surface area (Å²) in [4.78, 5) is 24.0. The molecule has 0 aliphatic rings. The number of nitrogens with zero attached hydrogens (tertiary/aromatic N) is 2. The molecular weight excluding hydrogens is 294 g/mol. The summed E-state index contributed by atoms with van der Waals surface area (Å²) in [6.45, 7) is 0.274. The molecule has 116 valence electrons. The zero-order chi connectivity index (χ0) is 16.2. The topological polar surface area (TPSA) is 72.7 Å². The van der Waals surface area contributed by atoms with Gasteiger partial charge in [-0.25, -0.2) is 9.31 Å². The molecule has 3 rings (SSSR count). The Morgan fingerprint density at radius 2 is 1.87 bits per heavy atom. The zero-order valence-electron chi connectivity index (χ0n) is 12.5. The number of ether oxygens (including phenoxy) is 1. The van der Waals surface area contributed by atoms with E-state index in [1.165, 1.54) is 7.11 Å². The van der Waals surface area contributed by atoms with Crippen LogP contribution in [-0.2, 0) is 11.3 Å². The van der Waals surface area contributed by atoms with Crippen molar-refractivity contribution in [2.24, 2.45) is 0 Å². The van der Waals surface area contributed by atoms with E-state index in [9.17, 15) is 9.59 Å². The van der Waals surface area contributed by atoms with Crippen molar-refractivity contribution < 1.29 is 14.3 Å². The molecule has 0 saturated heterocycles. The quantitative estimate of drug-likeness (QED) is 0.749. The fraction of sp³-hybridized carbons (Fsp3) is 0.118. The van der Waals surface area contributed by atoms with E-state index in [1.54, 1.807) is 28.8 Å². The number of nitrogens with one attached hydrogen (secondary N) is 1. The van der Waals surface area contributed by atoms with E-state index in [0.717, 1.165) is 11.2 Å². The van der Waals surface area contributed by atoms with Gasteiger partial charge < -0.3 is 10.1 Å². The molecule has 1 aromatic carbocycles. The van der Waals surface area contributed by atoms with Crippen LogP contribution in [0.3, 0.4) is 0 Å². The third kappa shape index (κ3) is 3.06. The van der Waals surface area contributed by atoms with Crippen molar-refractivity contribution in [3.8, 4) is 0 Å². The highest BCUT2D eigenvalue weighted by Crippen LogP contribution is 2.11. The van der Waals surface area contributed by atoms with Crippen molar-refractivity contribution in [3.05, 3.63) is 71.5 Å². The lowest BCUT2D eigenvalue weighted by Crippen LogP contribution is -2.25. The molecule has 0 spiro atoms. The lowest BCUT2D eigenvalue weighted by molar-refractivity contribution is 0.0596. The minimum atomic E-state index is -0.538. The molecule has 23 heavy (non-hydrogen) atoms. The van der Waals surface area contributed by atoms with E-state index in [4.69, 9.17) is 4.74 Å². The van der Waals surface area contributed by atoms with E-state index in [-0.39, 0.29) is 23.6 Å². The number of benzene rings is 1. The molecule has 6 heteroatoms. The van der Waals surface area contributed by atoms with Crippen LogP contribution in [0.15, 0.2) is 54.7 Å². The number of pyridine rings is 1. The Morgan fingerprint density at radius 1 is 1.13 bits per heavy atom. The molecule has 0 fully saturated rings. The number of carbonyl (C=O) groups is 2. The number of esters is 1. The van der Waals surface area contributed by atoms with Crippen molar-refractivity contribution in [2.75, 3.05) is 7.11 Å². The van der Waals surface area contributed by atoms with E-state index >= 15 is 0 Å². The first-order chi connectivity index (χ1) is 11.2. The average Bonchev–Trinajstić information content (AvgIpc) is 3.02. The van der Waals surface area contributed by atoms with Crippen LogP contribution in [0.25, 0.3) is 5.52 Å². The molecule has 0 bridgehead atoms. The molecule has 2 aromatic heterocycles. The lowest BCUT2D eigenvalue weighted by atomic mass is 10.1. The molecule has 0 aliphatic heterocycles. The van der Waals surface area contributed by atoms with Gasteiger partial charge in [-0.15, -0.1) is 0 Å². The number of aromatic nitrogens is 2. The van der Waals surface area contributed by atoms with Gasteiger partial charge in [0.1, 0.15) is 0 Å². The maximum Gasteiger partial charge on any atom is 0.338 e. The van der Waals surface area contributed by atoms with E-state index in [2.05, 4.69) is 10.4 Å². The number of amides is 1. The Balaban J connectivity index is 1.76. The number of hydrogen-bond donors (Lipinski definition) is 1. The fourth-order valence-electron chi connectivity index (χ4n) is 2.31. The summed E-state index contributed by atoms with van der Waals surface area (Å²) >= 11 is 0. The van der Waals surface area contributed by atoms with Crippen LogP contribution in [0.1, 0.15) is 26.4 Å². The Bertz CT molecular complexity index is 837. The number of carbonyl (C=O) groups excluding carboxylic acids is 2. The van der Waals surface area contributed by atoms with Crippen LogP contribution >= 0.6 is 0 Å². The summed E-state index contributed by atoms with van der Waals surface area (Å²) in [7, 11) is 1.29. The number of fused-ring (bicyclic) bond motifs is 1. The summed E-state index contributed by atoms with van der Waals surface area (Å²) in [6.07, 6.45) is 1.84. The molecule has 0 saturated carbocycles. The Labute approximate surface area is 132 Å². The summed E-state index contributed by atoms with van der Waals surface area (Å²) in [5, 5.41) is 7.14. The molecule has 0 atom stereocenters. The van der Waals surface area contributed by atoms with Gasteiger partial charge in [0.05, 0.1) is 36.0 Å². The Hall–Kier alpha value is -3.15. The first kappa shape index (κ1) is 14.8. The predicted octanol–water partition coefficient (Wildman–Crippen LogP) is 2.05. The SMILES string of the molecule is COC(=O)c1ccccc1C(=O)NCc1cc2ccccn2n1. The molecule has 0 aliphatic carbocycles. The van der Waals surface area contributed by atoms with Gasteiger partial charge in [-0.2, -0.15) is 5.10 Å². The number of hydrogen-bond acceptors (Lipinski definition) is 4. The molecule has 6 nitrogen and oxygen atoms in total. The largest absolute Gasteiger partial charge is 0.465 e. The standard InChI is InChI=1S/C17H15N3O3/c1-23-17(22)15-8-3-2-7-14(15)16(21)18-11-12-10-13-6-4-5-9-20(13)19-12/h2-10H,11H2,1H3,(H,18,21). The first-order valence-electron chi connectivity index (χ1n) is 7.08. The van der Waals surface area contributed by atoms with Crippen molar-refractivity contribution in [3.63, 3.8) is 0 Å². The second kappa shape index (κ2) is 6.31.